The molecule has 0 fully saturated rings. The van der Waals surface area contributed by atoms with Crippen LogP contribution < -0.4 is 4.74 Å². The lowest BCUT2D eigenvalue weighted by atomic mass is 10.5. The van der Waals surface area contributed by atoms with Crippen molar-refractivity contribution in [3.8, 4) is 5.75 Å². The molecule has 0 aliphatic carbocycles. The van der Waals surface area contributed by atoms with Crippen LogP contribution in [0, 0.1) is 0 Å². The van der Waals surface area contributed by atoms with Crippen molar-refractivity contribution in [2.24, 2.45) is 0 Å². The Morgan fingerprint density at radius 2 is 2.42 bits per heavy atom. The minimum atomic E-state index is -1.93. The molecule has 1 aromatic rings. The van der Waals surface area contributed by atoms with Gasteiger partial charge in [0.05, 0.1) is 0 Å². The van der Waals surface area contributed by atoms with Gasteiger partial charge in [0.1, 0.15) is 4.60 Å². The molecule has 1 aromatic heterocycles. The van der Waals surface area contributed by atoms with Crippen LogP contribution >= 0.6 is 15.9 Å². The number of hydrogen-bond donors (Lipinski definition) is 0. The summed E-state index contributed by atoms with van der Waals surface area (Å²) in [6, 6.07) is 3.07. The van der Waals surface area contributed by atoms with Crippen molar-refractivity contribution in [2.45, 2.75) is 6.36 Å². The molecule has 0 bridgehead atoms. The minimum Gasteiger partial charge on any atom is -0.455 e. The highest BCUT2D eigenvalue weighted by atomic mass is 79.9. The minimum absolute atomic E-state index is 0.197. The summed E-state index contributed by atoms with van der Waals surface area (Å²) in [6.07, 6.45) is -0.412. The lowest BCUT2D eigenvalue weighted by Crippen LogP contribution is -2.12. The van der Waals surface area contributed by atoms with Gasteiger partial charge in [0, 0.05) is 6.20 Å². The molecule has 0 radical (unpaired) electrons. The SMILES string of the molecule is FCC(F)Oc1cccnc1Br. The van der Waals surface area contributed by atoms with Gasteiger partial charge in [-0.1, -0.05) is 0 Å². The van der Waals surface area contributed by atoms with E-state index in [4.69, 9.17) is 0 Å². The molecule has 2 nitrogen and oxygen atoms in total. The monoisotopic (exact) mass is 237 g/mol. The first-order valence-electron chi connectivity index (χ1n) is 3.21. The van der Waals surface area contributed by atoms with Gasteiger partial charge >= 0.3 is 0 Å². The summed E-state index contributed by atoms with van der Waals surface area (Å²) in [5.74, 6) is 0.197. The maximum Gasteiger partial charge on any atom is 0.266 e. The van der Waals surface area contributed by atoms with E-state index in [9.17, 15) is 8.78 Å². The summed E-state index contributed by atoms with van der Waals surface area (Å²) in [4.78, 5) is 3.77. The van der Waals surface area contributed by atoms with Crippen LogP contribution in [0.2, 0.25) is 0 Å². The molecule has 1 heterocycles. The normalized spacial score (nSPS) is 12.6. The molecule has 5 heteroatoms. The fourth-order valence-corrected chi connectivity index (χ4v) is 0.972. The van der Waals surface area contributed by atoms with Crippen molar-refractivity contribution in [3.63, 3.8) is 0 Å². The molecule has 12 heavy (non-hydrogen) atoms. The van der Waals surface area contributed by atoms with Gasteiger partial charge in [-0.3, -0.25) is 0 Å². The van der Waals surface area contributed by atoms with Crippen molar-refractivity contribution in [3.05, 3.63) is 22.9 Å². The van der Waals surface area contributed by atoms with Crippen molar-refractivity contribution < 1.29 is 13.5 Å². The highest BCUT2D eigenvalue weighted by Crippen LogP contribution is 2.22. The molecule has 0 amide bonds. The average molecular weight is 238 g/mol. The second-order valence-electron chi connectivity index (χ2n) is 1.97. The Bertz CT molecular complexity index is 259. The third-order valence-electron chi connectivity index (χ3n) is 1.10. The Balaban J connectivity index is 2.69. The van der Waals surface area contributed by atoms with Crippen LogP contribution in [0.1, 0.15) is 0 Å². The van der Waals surface area contributed by atoms with Gasteiger partial charge in [-0.05, 0) is 28.1 Å². The van der Waals surface area contributed by atoms with Crippen LogP contribution in [0.5, 0.6) is 5.75 Å². The zero-order valence-corrected chi connectivity index (χ0v) is 7.59. The van der Waals surface area contributed by atoms with Crippen LogP contribution in [-0.2, 0) is 0 Å². The zero-order chi connectivity index (χ0) is 8.97. The Hall–Kier alpha value is -0.710. The summed E-state index contributed by atoms with van der Waals surface area (Å²) in [5, 5.41) is 0. The molecule has 0 aromatic carbocycles. The third kappa shape index (κ3) is 2.41. The number of hydrogen-bond acceptors (Lipinski definition) is 2. The number of halogens is 3. The van der Waals surface area contributed by atoms with E-state index in [-0.39, 0.29) is 5.75 Å². The quantitative estimate of drug-likeness (QED) is 0.754. The van der Waals surface area contributed by atoms with Crippen LogP contribution in [0.25, 0.3) is 0 Å². The van der Waals surface area contributed by atoms with Crippen LogP contribution in [0.15, 0.2) is 22.9 Å². The summed E-state index contributed by atoms with van der Waals surface area (Å²) in [7, 11) is 0. The zero-order valence-electron chi connectivity index (χ0n) is 6.01. The molecule has 0 aliphatic heterocycles. The summed E-state index contributed by atoms with van der Waals surface area (Å²) in [5.41, 5.74) is 0. The van der Waals surface area contributed by atoms with E-state index in [2.05, 4.69) is 25.7 Å². The smallest absolute Gasteiger partial charge is 0.266 e. The van der Waals surface area contributed by atoms with Gasteiger partial charge in [0.25, 0.3) is 6.36 Å². The predicted molar refractivity (Wildman–Crippen MR) is 43.4 cm³/mol. The molecule has 1 unspecified atom stereocenters. The van der Waals surface area contributed by atoms with Crippen molar-refractivity contribution in [1.29, 1.82) is 0 Å². The number of nitrogens with zero attached hydrogens (tertiary/aromatic N) is 1. The van der Waals surface area contributed by atoms with E-state index in [0.29, 0.717) is 4.60 Å². The fourth-order valence-electron chi connectivity index (χ4n) is 0.628. The van der Waals surface area contributed by atoms with Crippen molar-refractivity contribution >= 4 is 15.9 Å². The fraction of sp³-hybridized carbons (Fsp3) is 0.286. The van der Waals surface area contributed by atoms with E-state index < -0.39 is 13.0 Å². The summed E-state index contributed by atoms with van der Waals surface area (Å²) >= 11 is 3.03. The second-order valence-corrected chi connectivity index (χ2v) is 2.73. The third-order valence-corrected chi connectivity index (χ3v) is 1.70. The first-order valence-corrected chi connectivity index (χ1v) is 4.00. The second kappa shape index (κ2) is 4.35. The molecular weight excluding hydrogens is 232 g/mol. The van der Waals surface area contributed by atoms with Gasteiger partial charge in [-0.25, -0.2) is 9.37 Å². The lowest BCUT2D eigenvalue weighted by Gasteiger charge is -2.07. The number of rotatable bonds is 3. The molecule has 0 saturated carbocycles. The molecule has 66 valence electrons. The molecule has 0 N–H and O–H groups in total. The Labute approximate surface area is 76.7 Å². The highest BCUT2D eigenvalue weighted by Gasteiger charge is 2.09. The first-order chi connectivity index (χ1) is 5.74. The molecule has 0 spiro atoms. The van der Waals surface area contributed by atoms with Crippen LogP contribution in [0.4, 0.5) is 8.78 Å². The topological polar surface area (TPSA) is 22.1 Å². The van der Waals surface area contributed by atoms with Gasteiger partial charge < -0.3 is 4.74 Å². The van der Waals surface area contributed by atoms with Gasteiger partial charge in [-0.2, -0.15) is 4.39 Å². The van der Waals surface area contributed by atoms with Crippen LogP contribution in [-0.4, -0.2) is 18.0 Å². The molecule has 0 saturated heterocycles. The summed E-state index contributed by atoms with van der Waals surface area (Å²) in [6.45, 7) is -1.17. The average Bonchev–Trinajstić information content (AvgIpc) is 2.09. The van der Waals surface area contributed by atoms with Crippen molar-refractivity contribution in [1.82, 2.24) is 4.98 Å². The highest BCUT2D eigenvalue weighted by molar-refractivity contribution is 9.10. The number of aromatic nitrogens is 1. The summed E-state index contributed by atoms with van der Waals surface area (Å²) < 4.78 is 28.9. The predicted octanol–water partition coefficient (Wildman–Crippen LogP) is 2.49. The molecule has 1 atom stereocenters. The Morgan fingerprint density at radius 1 is 1.67 bits per heavy atom. The molecule has 0 aliphatic rings. The van der Waals surface area contributed by atoms with Crippen molar-refractivity contribution in [2.75, 3.05) is 6.67 Å². The van der Waals surface area contributed by atoms with E-state index in [0.717, 1.165) is 0 Å². The standard InChI is InChI=1S/C7H6BrF2NO/c8-7-5(2-1-3-11-7)12-6(10)4-9/h1-3,6H,4H2. The molecular formula is C7H6BrF2NO. The lowest BCUT2D eigenvalue weighted by molar-refractivity contribution is 0.0424. The maximum absolute atomic E-state index is 12.4. The van der Waals surface area contributed by atoms with Crippen LogP contribution in [0.3, 0.4) is 0 Å². The number of alkyl halides is 2. The Kier molecular flexibility index (Phi) is 3.40. The van der Waals surface area contributed by atoms with E-state index in [1.54, 1.807) is 6.07 Å². The molecule has 1 rings (SSSR count). The van der Waals surface area contributed by atoms with E-state index in [1.807, 2.05) is 0 Å². The Morgan fingerprint density at radius 3 is 3.00 bits per heavy atom. The number of ether oxygens (including phenoxy) is 1. The van der Waals surface area contributed by atoms with Gasteiger partial charge in [0.2, 0.25) is 0 Å². The maximum atomic E-state index is 12.4. The van der Waals surface area contributed by atoms with Gasteiger partial charge in [-0.15, -0.1) is 0 Å². The van der Waals surface area contributed by atoms with E-state index >= 15 is 0 Å². The largest absolute Gasteiger partial charge is 0.455 e. The van der Waals surface area contributed by atoms with Gasteiger partial charge in [0.15, 0.2) is 12.4 Å². The van der Waals surface area contributed by atoms with E-state index in [1.165, 1.54) is 12.3 Å². The first kappa shape index (κ1) is 9.38. The number of pyridine rings is 1.